The highest BCUT2D eigenvalue weighted by Crippen LogP contribution is 2.44. The molecule has 0 N–H and O–H groups in total. The van der Waals surface area contributed by atoms with E-state index in [0.717, 1.165) is 50.0 Å². The number of aromatic nitrogens is 2. The van der Waals surface area contributed by atoms with Crippen molar-refractivity contribution < 1.29 is 4.39 Å². The van der Waals surface area contributed by atoms with Gasteiger partial charge in [-0.25, -0.2) is 4.39 Å². The predicted molar refractivity (Wildman–Crippen MR) is 148 cm³/mol. The Morgan fingerprint density at radius 1 is 0.829 bits per heavy atom. The van der Waals surface area contributed by atoms with E-state index >= 15 is 4.39 Å². The molecule has 0 aliphatic carbocycles. The van der Waals surface area contributed by atoms with Crippen LogP contribution < -0.4 is 11.1 Å². The van der Waals surface area contributed by atoms with Crippen LogP contribution in [0.3, 0.4) is 0 Å². The molecule has 164 valence electrons. The molecule has 0 aliphatic rings. The summed E-state index contributed by atoms with van der Waals surface area (Å²) in [6.45, 7) is 6.75. The molecule has 5 heteroatoms. The number of hydrogen-bond acceptors (Lipinski definition) is 1. The normalized spacial score (nSPS) is 12.9. The van der Waals surface area contributed by atoms with Crippen molar-refractivity contribution in [3.63, 3.8) is 0 Å². The Bertz CT molecular complexity index is 2000. The Labute approximate surface area is 204 Å². The van der Waals surface area contributed by atoms with Gasteiger partial charge in [-0.05, 0) is 57.4 Å². The van der Waals surface area contributed by atoms with Crippen molar-refractivity contribution in [1.82, 2.24) is 9.38 Å². The van der Waals surface area contributed by atoms with E-state index in [1.807, 2.05) is 18.2 Å². The molecule has 0 saturated heterocycles. The van der Waals surface area contributed by atoms with Crippen LogP contribution in [-0.2, 0) is 6.42 Å². The summed E-state index contributed by atoms with van der Waals surface area (Å²) in [6.07, 6.45) is 0.850. The summed E-state index contributed by atoms with van der Waals surface area (Å²) in [5, 5.41) is 6.29. The molecule has 3 heterocycles. The lowest BCUT2D eigenvalue weighted by molar-refractivity contribution is 0.413. The quantitative estimate of drug-likeness (QED) is 0.174. The Morgan fingerprint density at radius 3 is 2.31 bits per heavy atom. The van der Waals surface area contributed by atoms with Gasteiger partial charge >= 0.3 is 0 Å². The summed E-state index contributed by atoms with van der Waals surface area (Å²) in [4.78, 5) is 4.82. The molecular formula is C30H21B2FN2. The number of halogens is 1. The maximum atomic E-state index is 15.8. The maximum Gasteiger partial charge on any atom is 0.140 e. The highest BCUT2D eigenvalue weighted by Gasteiger charge is 2.26. The van der Waals surface area contributed by atoms with Crippen LogP contribution >= 0.6 is 0 Å². The first kappa shape index (κ1) is 20.8. The Balaban J connectivity index is 1.93. The summed E-state index contributed by atoms with van der Waals surface area (Å²) < 4.78 is 18.0. The monoisotopic (exact) mass is 450 g/mol. The summed E-state index contributed by atoms with van der Waals surface area (Å²) in [5.74, 6) is -0.299. The van der Waals surface area contributed by atoms with Crippen molar-refractivity contribution in [1.29, 1.82) is 0 Å². The average molecular weight is 450 g/mol. The number of nitrogens with zero attached hydrogens (tertiary/aromatic N) is 2. The zero-order chi connectivity index (χ0) is 24.2. The molecule has 0 atom stereocenters. The first-order valence-corrected chi connectivity index (χ1v) is 11.9. The molecule has 0 fully saturated rings. The van der Waals surface area contributed by atoms with E-state index in [4.69, 9.17) is 20.7 Å². The lowest BCUT2D eigenvalue weighted by Crippen LogP contribution is -2.30. The second-order valence-electron chi connectivity index (χ2n) is 10.8. The summed E-state index contributed by atoms with van der Waals surface area (Å²) >= 11 is 0. The molecule has 4 radical (unpaired) electrons. The molecule has 0 aliphatic heterocycles. The molecule has 4 aromatic carbocycles. The fraction of sp³-hybridized carbons (Fsp3) is 0.167. The first-order valence-electron chi connectivity index (χ1n) is 11.9. The van der Waals surface area contributed by atoms with Gasteiger partial charge in [0, 0.05) is 21.5 Å². The number of para-hydroxylation sites is 1. The van der Waals surface area contributed by atoms with Crippen molar-refractivity contribution in [2.45, 2.75) is 27.2 Å². The van der Waals surface area contributed by atoms with E-state index in [1.165, 1.54) is 17.0 Å². The van der Waals surface area contributed by atoms with Crippen LogP contribution in [0.1, 0.15) is 26.3 Å². The minimum atomic E-state index is -0.299. The first-order chi connectivity index (χ1) is 16.7. The van der Waals surface area contributed by atoms with Crippen molar-refractivity contribution in [3.05, 3.63) is 72.0 Å². The molecule has 2 nitrogen and oxygen atoms in total. The van der Waals surface area contributed by atoms with E-state index in [0.29, 0.717) is 16.2 Å². The summed E-state index contributed by atoms with van der Waals surface area (Å²) in [5.41, 5.74) is 5.42. The van der Waals surface area contributed by atoms with Gasteiger partial charge in [0.1, 0.15) is 21.5 Å². The number of benzene rings is 4. The van der Waals surface area contributed by atoms with Gasteiger partial charge in [-0.15, -0.1) is 0 Å². The second kappa shape index (κ2) is 6.75. The van der Waals surface area contributed by atoms with Gasteiger partial charge < -0.3 is 4.40 Å². The van der Waals surface area contributed by atoms with Crippen LogP contribution in [0.2, 0.25) is 0 Å². The van der Waals surface area contributed by atoms with E-state index in [1.54, 1.807) is 0 Å². The third kappa shape index (κ3) is 2.70. The van der Waals surface area contributed by atoms with E-state index in [9.17, 15) is 0 Å². The Morgan fingerprint density at radius 2 is 1.54 bits per heavy atom. The lowest BCUT2D eigenvalue weighted by Gasteiger charge is -2.24. The topological polar surface area (TPSA) is 17.3 Å². The molecule has 0 bridgehead atoms. The van der Waals surface area contributed by atoms with E-state index in [2.05, 4.69) is 61.6 Å². The van der Waals surface area contributed by atoms with Crippen LogP contribution in [0.4, 0.5) is 4.39 Å². The molecule has 35 heavy (non-hydrogen) atoms. The molecule has 7 rings (SSSR count). The van der Waals surface area contributed by atoms with Crippen LogP contribution in [0, 0.1) is 11.2 Å². The summed E-state index contributed by atoms with van der Waals surface area (Å²) in [7, 11) is 12.7. The molecule has 0 saturated carbocycles. The fourth-order valence-corrected chi connectivity index (χ4v) is 5.93. The third-order valence-electron chi connectivity index (χ3n) is 7.24. The van der Waals surface area contributed by atoms with Gasteiger partial charge in [-0.2, -0.15) is 0 Å². The zero-order valence-corrected chi connectivity index (χ0v) is 19.9. The SMILES string of the molecule is [B]c1nc2c3cc4ccccc4c(CC(C)(C)C)c3n3c4ccccc4c4c(F)cc(c1[B])c2c43. The van der Waals surface area contributed by atoms with E-state index in [-0.39, 0.29) is 16.8 Å². The molecule has 7 aromatic rings. The van der Waals surface area contributed by atoms with Crippen molar-refractivity contribution in [3.8, 4) is 0 Å². The number of rotatable bonds is 1. The predicted octanol–water partition coefficient (Wildman–Crippen LogP) is 5.85. The minimum absolute atomic E-state index is 0.0328. The van der Waals surface area contributed by atoms with Crippen molar-refractivity contribution >= 4 is 86.5 Å². The van der Waals surface area contributed by atoms with Crippen LogP contribution in [-0.4, -0.2) is 25.1 Å². The van der Waals surface area contributed by atoms with Crippen LogP contribution in [0.15, 0.2) is 60.7 Å². The van der Waals surface area contributed by atoms with Gasteiger partial charge in [0.25, 0.3) is 0 Å². The second-order valence-corrected chi connectivity index (χ2v) is 10.8. The van der Waals surface area contributed by atoms with Crippen LogP contribution in [0.5, 0.6) is 0 Å². The lowest BCUT2D eigenvalue weighted by atomic mass is 9.80. The van der Waals surface area contributed by atoms with Gasteiger partial charge in [0.05, 0.1) is 22.1 Å². The van der Waals surface area contributed by atoms with E-state index < -0.39 is 0 Å². The standard InChI is InChI=1S/C30H21B2FN2/c1-30(2,3)14-20-16-9-5-4-8-15(16)12-19-26-24-18(25(31)29(32)34-26)13-21(33)23-17-10-6-7-11-22(17)35(27(19)20)28(23)24/h4-13H,14H2,1-3H3. The number of pyridine rings is 2. The van der Waals surface area contributed by atoms with Crippen LogP contribution in [0.25, 0.3) is 59.8 Å². The molecule has 0 spiro atoms. The number of hydrogen-bond donors (Lipinski definition) is 0. The fourth-order valence-electron chi connectivity index (χ4n) is 5.93. The number of fused-ring (bicyclic) bond motifs is 7. The van der Waals surface area contributed by atoms with Gasteiger partial charge in [-0.3, -0.25) is 4.98 Å². The Kier molecular flexibility index (Phi) is 4.00. The maximum absolute atomic E-state index is 15.8. The zero-order valence-electron chi connectivity index (χ0n) is 19.9. The minimum Gasteiger partial charge on any atom is -0.307 e. The highest BCUT2D eigenvalue weighted by molar-refractivity contribution is 6.53. The molecule has 0 unspecified atom stereocenters. The average Bonchev–Trinajstić information content (AvgIpc) is 3.16. The van der Waals surface area contributed by atoms with Crippen molar-refractivity contribution in [2.24, 2.45) is 5.41 Å². The largest absolute Gasteiger partial charge is 0.307 e. The van der Waals surface area contributed by atoms with Gasteiger partial charge in [0.15, 0.2) is 0 Å². The Hall–Kier alpha value is -3.59. The molecular weight excluding hydrogens is 429 g/mol. The highest BCUT2D eigenvalue weighted by atomic mass is 19.1. The molecule has 0 amide bonds. The summed E-state index contributed by atoms with van der Waals surface area (Å²) in [6, 6.07) is 20.2. The van der Waals surface area contributed by atoms with Crippen molar-refractivity contribution in [2.75, 3.05) is 0 Å². The smallest absolute Gasteiger partial charge is 0.140 e. The van der Waals surface area contributed by atoms with Gasteiger partial charge in [-0.1, -0.05) is 68.7 Å². The molecule has 3 aromatic heterocycles. The van der Waals surface area contributed by atoms with Gasteiger partial charge in [0.2, 0.25) is 0 Å². The third-order valence-corrected chi connectivity index (χ3v) is 7.24.